The number of rotatable bonds is 2. The van der Waals surface area contributed by atoms with Crippen LogP contribution in [0.4, 0.5) is 4.39 Å². The maximum Gasteiger partial charge on any atom is 0.371 e. The first-order valence-corrected chi connectivity index (χ1v) is 4.24. The Kier molecular flexibility index (Phi) is 2.25. The second-order valence-electron chi connectivity index (χ2n) is 3.02. The summed E-state index contributed by atoms with van der Waals surface area (Å²) in [5, 5.41) is 8.63. The average molecular weight is 206 g/mol. The summed E-state index contributed by atoms with van der Waals surface area (Å²) >= 11 is 0. The van der Waals surface area contributed by atoms with Crippen LogP contribution in [0.2, 0.25) is 0 Å². The van der Waals surface area contributed by atoms with Crippen molar-refractivity contribution in [1.82, 2.24) is 0 Å². The minimum Gasteiger partial charge on any atom is -0.475 e. The van der Waals surface area contributed by atoms with Crippen LogP contribution in [0.3, 0.4) is 0 Å². The Balaban J connectivity index is 2.41. The number of carboxylic acid groups (broad SMARTS) is 1. The zero-order valence-electron chi connectivity index (χ0n) is 7.61. The van der Waals surface area contributed by atoms with Gasteiger partial charge in [-0.15, -0.1) is 0 Å². The molecule has 1 aromatic heterocycles. The van der Waals surface area contributed by atoms with Gasteiger partial charge in [-0.25, -0.2) is 9.18 Å². The molecule has 3 nitrogen and oxygen atoms in total. The number of hydrogen-bond donors (Lipinski definition) is 1. The van der Waals surface area contributed by atoms with Gasteiger partial charge < -0.3 is 9.52 Å². The van der Waals surface area contributed by atoms with E-state index >= 15 is 0 Å². The second-order valence-corrected chi connectivity index (χ2v) is 3.02. The molecule has 0 aliphatic heterocycles. The minimum atomic E-state index is -1.14. The average Bonchev–Trinajstić information content (AvgIpc) is 2.66. The summed E-state index contributed by atoms with van der Waals surface area (Å²) in [6, 6.07) is 7.23. The molecular formula is C11H7FO3. The number of benzene rings is 1. The van der Waals surface area contributed by atoms with Gasteiger partial charge in [0.25, 0.3) is 0 Å². The third-order valence-corrected chi connectivity index (χ3v) is 1.97. The van der Waals surface area contributed by atoms with Crippen molar-refractivity contribution in [1.29, 1.82) is 0 Å². The summed E-state index contributed by atoms with van der Waals surface area (Å²) in [6.07, 6.45) is 1.29. The minimum absolute atomic E-state index is 0.158. The molecule has 1 N–H and O–H groups in total. The topological polar surface area (TPSA) is 50.4 Å². The van der Waals surface area contributed by atoms with Gasteiger partial charge >= 0.3 is 5.97 Å². The number of carbonyl (C=O) groups is 1. The highest BCUT2D eigenvalue weighted by atomic mass is 19.1. The predicted octanol–water partition coefficient (Wildman–Crippen LogP) is 2.78. The zero-order chi connectivity index (χ0) is 10.8. The summed E-state index contributed by atoms with van der Waals surface area (Å²) in [6.45, 7) is 0. The Morgan fingerprint density at radius 3 is 2.67 bits per heavy atom. The Morgan fingerprint density at radius 2 is 2.07 bits per heavy atom. The highest BCUT2D eigenvalue weighted by molar-refractivity contribution is 5.86. The van der Waals surface area contributed by atoms with Crippen LogP contribution in [0.25, 0.3) is 11.1 Å². The molecule has 1 heterocycles. The van der Waals surface area contributed by atoms with Crippen LogP contribution in [0.5, 0.6) is 0 Å². The molecule has 0 bridgehead atoms. The molecule has 0 aliphatic carbocycles. The lowest BCUT2D eigenvalue weighted by Gasteiger charge is -1.95. The molecule has 0 atom stereocenters. The van der Waals surface area contributed by atoms with Gasteiger partial charge in [0.1, 0.15) is 5.82 Å². The Labute approximate surface area is 84.8 Å². The number of furan rings is 1. The van der Waals surface area contributed by atoms with Crippen LogP contribution in [0.1, 0.15) is 10.6 Å². The highest BCUT2D eigenvalue weighted by Gasteiger charge is 2.10. The van der Waals surface area contributed by atoms with Crippen LogP contribution >= 0.6 is 0 Å². The largest absolute Gasteiger partial charge is 0.475 e. The fraction of sp³-hybridized carbons (Fsp3) is 0. The summed E-state index contributed by atoms with van der Waals surface area (Å²) in [7, 11) is 0. The molecule has 0 fully saturated rings. The van der Waals surface area contributed by atoms with Crippen molar-refractivity contribution in [2.45, 2.75) is 0 Å². The Morgan fingerprint density at radius 1 is 1.27 bits per heavy atom. The molecule has 76 valence electrons. The van der Waals surface area contributed by atoms with E-state index in [2.05, 4.69) is 0 Å². The third-order valence-electron chi connectivity index (χ3n) is 1.97. The van der Waals surface area contributed by atoms with Crippen LogP contribution in [-0.4, -0.2) is 11.1 Å². The first-order valence-electron chi connectivity index (χ1n) is 4.24. The molecule has 0 saturated heterocycles. The molecule has 1 aromatic carbocycles. The summed E-state index contributed by atoms with van der Waals surface area (Å²) in [5.41, 5.74) is 1.14. The number of carboxylic acids is 1. The fourth-order valence-electron chi connectivity index (χ4n) is 1.27. The normalized spacial score (nSPS) is 10.2. The predicted molar refractivity (Wildman–Crippen MR) is 51.1 cm³/mol. The molecule has 0 aliphatic rings. The molecule has 4 heteroatoms. The van der Waals surface area contributed by atoms with E-state index in [1.807, 2.05) is 0 Å². The maximum atomic E-state index is 12.9. The van der Waals surface area contributed by atoms with E-state index in [9.17, 15) is 9.18 Å². The lowest BCUT2D eigenvalue weighted by molar-refractivity contribution is 0.0662. The molecule has 15 heavy (non-hydrogen) atoms. The smallest absolute Gasteiger partial charge is 0.371 e. The molecule has 2 aromatic rings. The number of halogens is 1. The van der Waals surface area contributed by atoms with Gasteiger partial charge in [-0.1, -0.05) is 12.1 Å². The van der Waals surface area contributed by atoms with E-state index in [4.69, 9.17) is 9.52 Å². The van der Waals surface area contributed by atoms with Crippen LogP contribution in [-0.2, 0) is 0 Å². The van der Waals surface area contributed by atoms with Crippen molar-refractivity contribution in [2.75, 3.05) is 0 Å². The molecular weight excluding hydrogens is 199 g/mol. The third kappa shape index (κ3) is 1.88. The highest BCUT2D eigenvalue weighted by Crippen LogP contribution is 2.22. The van der Waals surface area contributed by atoms with Crippen LogP contribution in [0.15, 0.2) is 41.0 Å². The first kappa shape index (κ1) is 9.45. The van der Waals surface area contributed by atoms with Crippen molar-refractivity contribution >= 4 is 5.97 Å². The molecule has 0 unspecified atom stereocenters. The molecule has 0 amide bonds. The van der Waals surface area contributed by atoms with Gasteiger partial charge in [-0.05, 0) is 23.8 Å². The second kappa shape index (κ2) is 3.57. The van der Waals surface area contributed by atoms with E-state index in [0.29, 0.717) is 11.1 Å². The Hall–Kier alpha value is -2.10. The summed E-state index contributed by atoms with van der Waals surface area (Å²) < 4.78 is 17.7. The van der Waals surface area contributed by atoms with Gasteiger partial charge in [-0.3, -0.25) is 0 Å². The molecule has 0 saturated carbocycles. The number of hydrogen-bond acceptors (Lipinski definition) is 2. The van der Waals surface area contributed by atoms with Crippen molar-refractivity contribution < 1.29 is 18.7 Å². The van der Waals surface area contributed by atoms with Gasteiger partial charge in [0.2, 0.25) is 5.76 Å². The molecule has 0 spiro atoms. The van der Waals surface area contributed by atoms with Gasteiger partial charge in [-0.2, -0.15) is 0 Å². The van der Waals surface area contributed by atoms with Crippen LogP contribution < -0.4 is 0 Å². The van der Waals surface area contributed by atoms with E-state index in [0.717, 1.165) is 0 Å². The van der Waals surface area contributed by atoms with E-state index in [1.165, 1.54) is 24.5 Å². The summed E-state index contributed by atoms with van der Waals surface area (Å²) in [4.78, 5) is 10.5. The zero-order valence-corrected chi connectivity index (χ0v) is 7.61. The monoisotopic (exact) mass is 206 g/mol. The van der Waals surface area contributed by atoms with Crippen molar-refractivity contribution in [3.05, 3.63) is 48.2 Å². The van der Waals surface area contributed by atoms with Gasteiger partial charge in [0.05, 0.1) is 6.26 Å². The standard InChI is InChI=1S/C11H7FO3/c12-9-3-1-2-7(4-9)8-5-10(11(13)14)15-6-8/h1-6H,(H,13,14). The summed E-state index contributed by atoms with van der Waals surface area (Å²) in [5.74, 6) is -1.67. The SMILES string of the molecule is O=C(O)c1cc(-c2cccc(F)c2)co1. The molecule has 2 rings (SSSR count). The fourth-order valence-corrected chi connectivity index (χ4v) is 1.27. The van der Waals surface area contributed by atoms with E-state index in [1.54, 1.807) is 12.1 Å². The van der Waals surface area contributed by atoms with Crippen LogP contribution in [0, 0.1) is 5.82 Å². The lowest BCUT2D eigenvalue weighted by atomic mass is 10.1. The Bertz CT molecular complexity index is 502. The van der Waals surface area contributed by atoms with E-state index < -0.39 is 5.97 Å². The van der Waals surface area contributed by atoms with E-state index in [-0.39, 0.29) is 11.6 Å². The van der Waals surface area contributed by atoms with Crippen molar-refractivity contribution in [2.24, 2.45) is 0 Å². The molecule has 0 radical (unpaired) electrons. The lowest BCUT2D eigenvalue weighted by Crippen LogP contribution is -1.91. The van der Waals surface area contributed by atoms with Gasteiger partial charge in [0, 0.05) is 5.56 Å². The maximum absolute atomic E-state index is 12.9. The number of aromatic carboxylic acids is 1. The first-order chi connectivity index (χ1) is 7.16. The quantitative estimate of drug-likeness (QED) is 0.821. The van der Waals surface area contributed by atoms with Gasteiger partial charge in [0.15, 0.2) is 0 Å². The van der Waals surface area contributed by atoms with Crippen molar-refractivity contribution in [3.63, 3.8) is 0 Å². The van der Waals surface area contributed by atoms with Crippen molar-refractivity contribution in [3.8, 4) is 11.1 Å².